The molecule has 0 aromatic heterocycles. The lowest BCUT2D eigenvalue weighted by Crippen LogP contribution is -2.25. The Bertz CT molecular complexity index is 853. The summed E-state index contributed by atoms with van der Waals surface area (Å²) in [5.74, 6) is -1.27. The van der Waals surface area contributed by atoms with Crippen molar-refractivity contribution >= 4 is 39.1 Å². The predicted octanol–water partition coefficient (Wildman–Crippen LogP) is 3.19. The molecular formula is C18H17BrN2O6. The minimum Gasteiger partial charge on any atom is -0.451 e. The van der Waals surface area contributed by atoms with Crippen LogP contribution in [0, 0.1) is 10.1 Å². The van der Waals surface area contributed by atoms with Crippen molar-refractivity contribution in [3.8, 4) is 0 Å². The van der Waals surface area contributed by atoms with Gasteiger partial charge in [0.25, 0.3) is 5.69 Å². The number of nitrogens with one attached hydrogen (secondary N) is 1. The minimum atomic E-state index is -1.08. The molecule has 2 aromatic carbocycles. The van der Waals surface area contributed by atoms with E-state index >= 15 is 0 Å². The summed E-state index contributed by atoms with van der Waals surface area (Å²) in [5, 5.41) is 22.7. The number of Topliss-reactive ketones (excluding diaryl/α,β-unsaturated/α-hetero) is 1. The standard InChI is InChI=1S/C18H17BrN2O6/c1-11(17(23)12-2-4-13(19)5-3-12)27-18(24)15-10-14(21(25)26)6-7-16(15)20-8-9-22/h2-7,10-11,20,22H,8-9H2,1H3/t11-/m0/s1. The van der Waals surface area contributed by atoms with Gasteiger partial charge < -0.3 is 15.2 Å². The number of non-ortho nitro benzene ring substituents is 1. The molecule has 2 N–H and O–H groups in total. The van der Waals surface area contributed by atoms with Gasteiger partial charge >= 0.3 is 5.97 Å². The van der Waals surface area contributed by atoms with E-state index in [0.29, 0.717) is 5.56 Å². The minimum absolute atomic E-state index is 0.0897. The van der Waals surface area contributed by atoms with Crippen LogP contribution in [0.3, 0.4) is 0 Å². The number of benzene rings is 2. The van der Waals surface area contributed by atoms with Gasteiger partial charge in [-0.05, 0) is 25.1 Å². The van der Waals surface area contributed by atoms with Crippen LogP contribution in [0.2, 0.25) is 0 Å². The second-order valence-electron chi connectivity index (χ2n) is 5.56. The third kappa shape index (κ3) is 5.35. The summed E-state index contributed by atoms with van der Waals surface area (Å²) in [7, 11) is 0. The number of aliphatic hydroxyl groups excluding tert-OH is 1. The van der Waals surface area contributed by atoms with Crippen molar-refractivity contribution in [2.24, 2.45) is 0 Å². The van der Waals surface area contributed by atoms with Crippen LogP contribution in [0.4, 0.5) is 11.4 Å². The van der Waals surface area contributed by atoms with Crippen molar-refractivity contribution in [2.45, 2.75) is 13.0 Å². The molecule has 0 aliphatic rings. The molecule has 0 spiro atoms. The number of nitro benzene ring substituents is 1. The van der Waals surface area contributed by atoms with Crippen LogP contribution >= 0.6 is 15.9 Å². The maximum absolute atomic E-state index is 12.5. The largest absolute Gasteiger partial charge is 0.451 e. The van der Waals surface area contributed by atoms with Gasteiger partial charge in [-0.25, -0.2) is 4.79 Å². The van der Waals surface area contributed by atoms with Crippen LogP contribution < -0.4 is 5.32 Å². The number of carbonyl (C=O) groups is 2. The molecule has 0 amide bonds. The SMILES string of the molecule is C[C@H](OC(=O)c1cc([N+](=O)[O-])ccc1NCCO)C(=O)c1ccc(Br)cc1. The van der Waals surface area contributed by atoms with E-state index in [0.717, 1.165) is 10.5 Å². The molecule has 0 radical (unpaired) electrons. The summed E-state index contributed by atoms with van der Waals surface area (Å²) in [6.45, 7) is 1.38. The topological polar surface area (TPSA) is 119 Å². The lowest BCUT2D eigenvalue weighted by atomic mass is 10.1. The zero-order valence-corrected chi connectivity index (χ0v) is 15.9. The number of esters is 1. The maximum atomic E-state index is 12.5. The Labute approximate surface area is 163 Å². The molecule has 27 heavy (non-hydrogen) atoms. The molecule has 8 nitrogen and oxygen atoms in total. The number of hydrogen-bond acceptors (Lipinski definition) is 7. The van der Waals surface area contributed by atoms with Gasteiger partial charge in [0.15, 0.2) is 6.10 Å². The Hall–Kier alpha value is -2.78. The molecule has 142 valence electrons. The van der Waals surface area contributed by atoms with Crippen LogP contribution in [0.15, 0.2) is 46.9 Å². The van der Waals surface area contributed by atoms with Crippen LogP contribution in [0.1, 0.15) is 27.6 Å². The number of rotatable bonds is 8. The number of carbonyl (C=O) groups excluding carboxylic acids is 2. The van der Waals surface area contributed by atoms with E-state index in [-0.39, 0.29) is 30.1 Å². The molecule has 0 saturated carbocycles. The Morgan fingerprint density at radius 3 is 2.52 bits per heavy atom. The molecule has 2 aromatic rings. The van der Waals surface area contributed by atoms with Crippen LogP contribution in [0.5, 0.6) is 0 Å². The summed E-state index contributed by atoms with van der Waals surface area (Å²) in [6, 6.07) is 10.2. The molecule has 0 saturated heterocycles. The van der Waals surface area contributed by atoms with E-state index in [1.54, 1.807) is 24.3 Å². The van der Waals surface area contributed by atoms with Crippen LogP contribution in [-0.2, 0) is 4.74 Å². The first-order valence-corrected chi connectivity index (χ1v) is 8.76. The molecule has 0 aliphatic carbocycles. The van der Waals surface area contributed by atoms with E-state index in [9.17, 15) is 19.7 Å². The number of hydrogen-bond donors (Lipinski definition) is 2. The molecule has 0 heterocycles. The van der Waals surface area contributed by atoms with Crippen molar-refractivity contribution in [3.63, 3.8) is 0 Å². The van der Waals surface area contributed by atoms with E-state index in [4.69, 9.17) is 9.84 Å². The number of halogens is 1. The van der Waals surface area contributed by atoms with Crippen molar-refractivity contribution in [1.82, 2.24) is 0 Å². The average Bonchev–Trinajstić information content (AvgIpc) is 2.66. The number of nitrogens with zero attached hydrogens (tertiary/aromatic N) is 1. The van der Waals surface area contributed by atoms with Gasteiger partial charge in [0, 0.05) is 34.4 Å². The number of aliphatic hydroxyl groups is 1. The van der Waals surface area contributed by atoms with E-state index in [1.807, 2.05) is 0 Å². The Balaban J connectivity index is 2.22. The van der Waals surface area contributed by atoms with Crippen molar-refractivity contribution in [3.05, 3.63) is 68.2 Å². The highest BCUT2D eigenvalue weighted by atomic mass is 79.9. The fourth-order valence-electron chi connectivity index (χ4n) is 2.29. The first-order chi connectivity index (χ1) is 12.8. The highest BCUT2D eigenvalue weighted by Crippen LogP contribution is 2.24. The van der Waals surface area contributed by atoms with Crippen LogP contribution in [-0.4, -0.2) is 41.0 Å². The van der Waals surface area contributed by atoms with Gasteiger partial charge in [-0.3, -0.25) is 14.9 Å². The monoisotopic (exact) mass is 436 g/mol. The third-order valence-electron chi connectivity index (χ3n) is 3.64. The highest BCUT2D eigenvalue weighted by molar-refractivity contribution is 9.10. The molecule has 0 aliphatic heterocycles. The van der Waals surface area contributed by atoms with Gasteiger partial charge in [-0.2, -0.15) is 0 Å². The molecule has 0 fully saturated rings. The van der Waals surface area contributed by atoms with Crippen molar-refractivity contribution in [1.29, 1.82) is 0 Å². The van der Waals surface area contributed by atoms with E-state index in [1.165, 1.54) is 19.1 Å². The Morgan fingerprint density at radius 1 is 1.26 bits per heavy atom. The predicted molar refractivity (Wildman–Crippen MR) is 102 cm³/mol. The summed E-state index contributed by atoms with van der Waals surface area (Å²) in [5.41, 5.74) is 0.260. The Morgan fingerprint density at radius 2 is 1.93 bits per heavy atom. The highest BCUT2D eigenvalue weighted by Gasteiger charge is 2.24. The number of ether oxygens (including phenoxy) is 1. The maximum Gasteiger partial charge on any atom is 0.341 e. The van der Waals surface area contributed by atoms with Gasteiger partial charge in [-0.1, -0.05) is 28.1 Å². The second-order valence-corrected chi connectivity index (χ2v) is 6.47. The Kier molecular flexibility index (Phi) is 7.03. The lowest BCUT2D eigenvalue weighted by molar-refractivity contribution is -0.384. The van der Waals surface area contributed by atoms with E-state index in [2.05, 4.69) is 21.2 Å². The first-order valence-electron chi connectivity index (χ1n) is 7.97. The molecule has 2 rings (SSSR count). The number of anilines is 1. The number of ketones is 1. The van der Waals surface area contributed by atoms with Crippen LogP contribution in [0.25, 0.3) is 0 Å². The zero-order chi connectivity index (χ0) is 20.0. The fraction of sp³-hybridized carbons (Fsp3) is 0.222. The van der Waals surface area contributed by atoms with Gasteiger partial charge in [-0.15, -0.1) is 0 Å². The first kappa shape index (κ1) is 20.5. The van der Waals surface area contributed by atoms with E-state index < -0.39 is 22.8 Å². The quantitative estimate of drug-likeness (QED) is 0.282. The van der Waals surface area contributed by atoms with Gasteiger partial charge in [0.2, 0.25) is 5.78 Å². The molecule has 0 bridgehead atoms. The fourth-order valence-corrected chi connectivity index (χ4v) is 2.55. The summed E-state index contributed by atoms with van der Waals surface area (Å²) >= 11 is 3.27. The third-order valence-corrected chi connectivity index (χ3v) is 4.17. The summed E-state index contributed by atoms with van der Waals surface area (Å²) in [4.78, 5) is 35.2. The number of nitro groups is 1. The molecule has 0 unspecified atom stereocenters. The molecule has 9 heteroatoms. The second kappa shape index (κ2) is 9.24. The summed E-state index contributed by atoms with van der Waals surface area (Å²) in [6.07, 6.45) is -1.08. The summed E-state index contributed by atoms with van der Waals surface area (Å²) < 4.78 is 6.02. The van der Waals surface area contributed by atoms with Crippen molar-refractivity contribution in [2.75, 3.05) is 18.5 Å². The normalized spacial score (nSPS) is 11.5. The molecular weight excluding hydrogens is 420 g/mol. The van der Waals surface area contributed by atoms with Gasteiger partial charge in [0.05, 0.1) is 17.1 Å². The van der Waals surface area contributed by atoms with Crippen molar-refractivity contribution < 1.29 is 24.4 Å². The zero-order valence-electron chi connectivity index (χ0n) is 14.3. The van der Waals surface area contributed by atoms with Gasteiger partial charge in [0.1, 0.15) is 0 Å². The average molecular weight is 437 g/mol. The lowest BCUT2D eigenvalue weighted by Gasteiger charge is -2.15. The molecule has 1 atom stereocenters. The smallest absolute Gasteiger partial charge is 0.341 e.